The Labute approximate surface area is 206 Å². The highest BCUT2D eigenvalue weighted by molar-refractivity contribution is 6.05. The lowest BCUT2D eigenvalue weighted by molar-refractivity contribution is -0.137. The van der Waals surface area contributed by atoms with E-state index in [4.69, 9.17) is 0 Å². The van der Waals surface area contributed by atoms with E-state index >= 15 is 0 Å². The van der Waals surface area contributed by atoms with Gasteiger partial charge in [0.1, 0.15) is 6.04 Å². The smallest absolute Gasteiger partial charge is 0.273 e. The Morgan fingerprint density at radius 2 is 2.03 bits per heavy atom. The standard InChI is InChI=1S/C24H27N7O5/c1-24(2)8-13(10-26-23(24)36)9-25-20(33)17-12-31(29-28-17)15-3-4-16-14(7-15)11-30(22(16)35)18-5-6-19(32)27-21(18)34/h3-4,7,12-13,18H,5-6,8-11H2,1-2H3,(H,25,33)(H,26,36)(H,27,32,34). The third-order valence-corrected chi connectivity index (χ3v) is 7.01. The molecule has 0 bridgehead atoms. The molecular formula is C24H27N7O5. The van der Waals surface area contributed by atoms with Gasteiger partial charge in [0.25, 0.3) is 11.8 Å². The molecule has 3 N–H and O–H groups in total. The zero-order valence-electron chi connectivity index (χ0n) is 20.0. The average molecular weight is 494 g/mol. The van der Waals surface area contributed by atoms with Crippen molar-refractivity contribution < 1.29 is 24.0 Å². The van der Waals surface area contributed by atoms with Gasteiger partial charge in [-0.25, -0.2) is 4.68 Å². The minimum atomic E-state index is -0.684. The van der Waals surface area contributed by atoms with Crippen molar-refractivity contribution in [3.05, 3.63) is 41.2 Å². The van der Waals surface area contributed by atoms with Crippen molar-refractivity contribution in [2.24, 2.45) is 11.3 Å². The predicted molar refractivity (Wildman–Crippen MR) is 125 cm³/mol. The molecule has 5 amide bonds. The van der Waals surface area contributed by atoms with E-state index < -0.39 is 17.4 Å². The van der Waals surface area contributed by atoms with Crippen LogP contribution in [0.5, 0.6) is 0 Å². The summed E-state index contributed by atoms with van der Waals surface area (Å²) in [6, 6.07) is 4.46. The number of hydrogen-bond acceptors (Lipinski definition) is 7. The third kappa shape index (κ3) is 4.34. The van der Waals surface area contributed by atoms with E-state index in [-0.39, 0.29) is 48.2 Å². The Balaban J connectivity index is 1.24. The van der Waals surface area contributed by atoms with Crippen molar-refractivity contribution in [3.63, 3.8) is 0 Å². The second-order valence-electron chi connectivity index (χ2n) is 10.2. The maximum atomic E-state index is 12.9. The van der Waals surface area contributed by atoms with Crippen LogP contribution in [0.2, 0.25) is 0 Å². The normalized spacial score (nSPS) is 23.2. The van der Waals surface area contributed by atoms with Gasteiger partial charge >= 0.3 is 0 Å². The molecule has 0 spiro atoms. The van der Waals surface area contributed by atoms with Crippen molar-refractivity contribution in [3.8, 4) is 5.69 Å². The number of nitrogens with one attached hydrogen (secondary N) is 3. The average Bonchev–Trinajstić information content (AvgIpc) is 3.45. The number of carbonyl (C=O) groups excluding carboxylic acids is 5. The minimum Gasteiger partial charge on any atom is -0.355 e. The molecule has 2 atom stereocenters. The summed E-state index contributed by atoms with van der Waals surface area (Å²) < 4.78 is 1.46. The van der Waals surface area contributed by atoms with Gasteiger partial charge in [0.2, 0.25) is 17.7 Å². The highest BCUT2D eigenvalue weighted by Crippen LogP contribution is 2.30. The topological polar surface area (TPSA) is 155 Å². The van der Waals surface area contributed by atoms with Gasteiger partial charge in [-0.3, -0.25) is 29.3 Å². The van der Waals surface area contributed by atoms with Crippen LogP contribution in [0.4, 0.5) is 0 Å². The molecular weight excluding hydrogens is 466 g/mol. The molecule has 12 heteroatoms. The lowest BCUT2D eigenvalue weighted by atomic mass is 9.79. The first-order valence-electron chi connectivity index (χ1n) is 11.9. The van der Waals surface area contributed by atoms with Crippen LogP contribution in [0.1, 0.15) is 59.5 Å². The number of nitrogens with zero attached hydrogens (tertiary/aromatic N) is 4. The Morgan fingerprint density at radius 1 is 1.22 bits per heavy atom. The molecule has 4 heterocycles. The number of aromatic nitrogens is 3. The van der Waals surface area contributed by atoms with Gasteiger partial charge in [-0.1, -0.05) is 19.1 Å². The first kappa shape index (κ1) is 23.6. The Bertz CT molecular complexity index is 1280. The van der Waals surface area contributed by atoms with Crippen LogP contribution >= 0.6 is 0 Å². The molecule has 188 valence electrons. The Kier molecular flexibility index (Phi) is 5.81. The van der Waals surface area contributed by atoms with Gasteiger partial charge in [-0.15, -0.1) is 5.10 Å². The van der Waals surface area contributed by atoms with Gasteiger partial charge in [0, 0.05) is 37.0 Å². The van der Waals surface area contributed by atoms with Crippen LogP contribution in [-0.4, -0.2) is 68.6 Å². The molecule has 0 saturated carbocycles. The number of hydrogen-bond donors (Lipinski definition) is 3. The van der Waals surface area contributed by atoms with Crippen molar-refractivity contribution >= 4 is 29.5 Å². The van der Waals surface area contributed by atoms with E-state index in [2.05, 4.69) is 26.3 Å². The number of fused-ring (bicyclic) bond motifs is 1. The van der Waals surface area contributed by atoms with Crippen molar-refractivity contribution in [2.45, 2.75) is 45.7 Å². The monoisotopic (exact) mass is 493 g/mol. The van der Waals surface area contributed by atoms with Crippen LogP contribution in [0.3, 0.4) is 0 Å². The molecule has 12 nitrogen and oxygen atoms in total. The van der Waals surface area contributed by atoms with E-state index in [1.54, 1.807) is 18.2 Å². The summed E-state index contributed by atoms with van der Waals surface area (Å²) in [6.45, 7) is 4.93. The van der Waals surface area contributed by atoms with E-state index in [1.807, 2.05) is 13.8 Å². The van der Waals surface area contributed by atoms with Gasteiger partial charge in [-0.05, 0) is 42.5 Å². The molecule has 2 aromatic rings. The fraction of sp³-hybridized carbons (Fsp3) is 0.458. The third-order valence-electron chi connectivity index (χ3n) is 7.01. The van der Waals surface area contributed by atoms with E-state index in [1.165, 1.54) is 15.8 Å². The maximum absolute atomic E-state index is 12.9. The lowest BCUT2D eigenvalue weighted by Gasteiger charge is -2.34. The fourth-order valence-electron chi connectivity index (χ4n) is 5.03. The number of amides is 5. The molecule has 0 radical (unpaired) electrons. The van der Waals surface area contributed by atoms with Crippen LogP contribution < -0.4 is 16.0 Å². The Morgan fingerprint density at radius 3 is 2.78 bits per heavy atom. The molecule has 2 saturated heterocycles. The molecule has 2 fully saturated rings. The summed E-state index contributed by atoms with van der Waals surface area (Å²) in [7, 11) is 0. The van der Waals surface area contributed by atoms with Crippen LogP contribution in [-0.2, 0) is 20.9 Å². The van der Waals surface area contributed by atoms with Crippen molar-refractivity contribution in [1.29, 1.82) is 0 Å². The molecule has 5 rings (SSSR count). The summed E-state index contributed by atoms with van der Waals surface area (Å²) in [6.07, 6.45) is 2.68. The highest BCUT2D eigenvalue weighted by atomic mass is 16.2. The van der Waals surface area contributed by atoms with E-state index in [9.17, 15) is 24.0 Å². The summed E-state index contributed by atoms with van der Waals surface area (Å²) in [5, 5.41) is 16.1. The molecule has 1 aromatic carbocycles. The summed E-state index contributed by atoms with van der Waals surface area (Å²) >= 11 is 0. The molecule has 36 heavy (non-hydrogen) atoms. The first-order chi connectivity index (χ1) is 17.1. The molecule has 3 aliphatic heterocycles. The second-order valence-corrected chi connectivity index (χ2v) is 10.2. The van der Waals surface area contributed by atoms with Crippen molar-refractivity contribution in [2.75, 3.05) is 13.1 Å². The molecule has 3 aliphatic rings. The Hall–Kier alpha value is -4.09. The summed E-state index contributed by atoms with van der Waals surface area (Å²) in [5.74, 6) is -1.27. The number of piperidine rings is 2. The largest absolute Gasteiger partial charge is 0.355 e. The molecule has 0 aliphatic carbocycles. The second kappa shape index (κ2) is 8.85. The van der Waals surface area contributed by atoms with Gasteiger partial charge in [0.15, 0.2) is 5.69 Å². The van der Waals surface area contributed by atoms with E-state index in [0.29, 0.717) is 37.2 Å². The number of imide groups is 1. The molecule has 2 unspecified atom stereocenters. The zero-order valence-corrected chi connectivity index (χ0v) is 20.0. The first-order valence-corrected chi connectivity index (χ1v) is 11.9. The minimum absolute atomic E-state index is 0.0179. The zero-order chi connectivity index (χ0) is 25.6. The number of benzene rings is 1. The van der Waals surface area contributed by atoms with Crippen molar-refractivity contribution in [1.82, 2.24) is 35.8 Å². The lowest BCUT2D eigenvalue weighted by Crippen LogP contribution is -2.52. The van der Waals surface area contributed by atoms with Gasteiger partial charge < -0.3 is 15.5 Å². The fourth-order valence-corrected chi connectivity index (χ4v) is 5.03. The highest BCUT2D eigenvalue weighted by Gasteiger charge is 2.39. The maximum Gasteiger partial charge on any atom is 0.273 e. The predicted octanol–water partition coefficient (Wildman–Crippen LogP) is -0.0796. The van der Waals surface area contributed by atoms with Gasteiger partial charge in [0.05, 0.1) is 11.9 Å². The summed E-state index contributed by atoms with van der Waals surface area (Å²) in [5.41, 5.74) is 1.51. The number of rotatable bonds is 5. The summed E-state index contributed by atoms with van der Waals surface area (Å²) in [4.78, 5) is 62.6. The van der Waals surface area contributed by atoms with Crippen LogP contribution in [0.25, 0.3) is 5.69 Å². The quantitative estimate of drug-likeness (QED) is 0.492. The van der Waals surface area contributed by atoms with Gasteiger partial charge in [-0.2, -0.15) is 0 Å². The number of carbonyl (C=O) groups is 5. The van der Waals surface area contributed by atoms with Crippen LogP contribution in [0, 0.1) is 11.3 Å². The molecule has 1 aromatic heterocycles. The van der Waals surface area contributed by atoms with Crippen LogP contribution in [0.15, 0.2) is 24.4 Å². The SMILES string of the molecule is CC1(C)CC(CNC(=O)c2cn(-c3ccc4c(c3)CN(C3CCC(=O)NC3=O)C4=O)nn2)CNC1=O. The van der Waals surface area contributed by atoms with E-state index in [0.717, 1.165) is 5.56 Å².